The predicted molar refractivity (Wildman–Crippen MR) is 116 cm³/mol. The number of rotatable bonds is 7. The van der Waals surface area contributed by atoms with Crippen molar-refractivity contribution in [1.29, 1.82) is 0 Å². The summed E-state index contributed by atoms with van der Waals surface area (Å²) in [5, 5.41) is 10.3. The number of piperidine rings is 1. The van der Waals surface area contributed by atoms with Crippen LogP contribution < -0.4 is 4.72 Å². The maximum Gasteiger partial charge on any atom is 0.279 e. The highest BCUT2D eigenvalue weighted by Crippen LogP contribution is 2.38. The molecule has 1 saturated heterocycles. The van der Waals surface area contributed by atoms with Crippen LogP contribution in [-0.4, -0.2) is 65.7 Å². The summed E-state index contributed by atoms with van der Waals surface area (Å²) < 4.78 is 36.3. The molecule has 9 heteroatoms. The number of nitrogens with one attached hydrogen (secondary N) is 1. The van der Waals surface area contributed by atoms with E-state index in [2.05, 4.69) is 34.5 Å². The third kappa shape index (κ3) is 5.62. The average molecular weight is 448 g/mol. The molecular weight excluding hydrogens is 414 g/mol. The molecule has 0 radical (unpaired) electrons. The first-order valence-corrected chi connectivity index (χ1v) is 12.1. The molecule has 3 rings (SSSR count). The topological polar surface area (TPSA) is 93.1 Å². The van der Waals surface area contributed by atoms with Crippen molar-refractivity contribution >= 4 is 22.1 Å². The SMILES string of the molecule is CCCN1C[C@@H](NS(=O)(=O)N(CC)CC)C[C@@H]2Cc3c(O)cccc3C[C@H]21.OCl. The van der Waals surface area contributed by atoms with Crippen LogP contribution in [0.25, 0.3) is 0 Å². The molecule has 1 aliphatic carbocycles. The van der Waals surface area contributed by atoms with E-state index in [1.165, 1.54) is 9.87 Å². The first kappa shape index (κ1) is 24.4. The van der Waals surface area contributed by atoms with E-state index in [1.807, 2.05) is 19.9 Å². The van der Waals surface area contributed by atoms with E-state index in [-0.39, 0.29) is 6.04 Å². The number of hydrogen-bond donors (Lipinski definition) is 3. The lowest BCUT2D eigenvalue weighted by atomic mass is 9.74. The van der Waals surface area contributed by atoms with Gasteiger partial charge >= 0.3 is 0 Å². The van der Waals surface area contributed by atoms with E-state index in [0.29, 0.717) is 30.8 Å². The van der Waals surface area contributed by atoms with E-state index in [9.17, 15) is 13.5 Å². The van der Waals surface area contributed by atoms with Gasteiger partial charge in [0.25, 0.3) is 10.2 Å². The summed E-state index contributed by atoms with van der Waals surface area (Å²) in [6, 6.07) is 6.13. The second-order valence-corrected chi connectivity index (χ2v) is 9.49. The Hall–Kier alpha value is -0.900. The first-order valence-electron chi connectivity index (χ1n) is 10.4. The number of aromatic hydroxyl groups is 1. The molecule has 29 heavy (non-hydrogen) atoms. The molecule has 1 heterocycles. The zero-order valence-electron chi connectivity index (χ0n) is 17.5. The van der Waals surface area contributed by atoms with Gasteiger partial charge in [0.2, 0.25) is 0 Å². The summed E-state index contributed by atoms with van der Waals surface area (Å²) in [6.07, 6.45) is 3.62. The summed E-state index contributed by atoms with van der Waals surface area (Å²) >= 11 is 3.64. The molecular formula is C20H34ClN3O4S. The molecule has 166 valence electrons. The number of nitrogens with zero attached hydrogens (tertiary/aromatic N) is 2. The minimum absolute atomic E-state index is 0.0872. The van der Waals surface area contributed by atoms with Gasteiger partial charge in [-0.2, -0.15) is 17.4 Å². The lowest BCUT2D eigenvalue weighted by Crippen LogP contribution is -2.59. The Bertz CT molecular complexity index is 758. The lowest BCUT2D eigenvalue weighted by molar-refractivity contribution is 0.0679. The van der Waals surface area contributed by atoms with Crippen molar-refractivity contribution in [2.45, 2.75) is 58.5 Å². The molecule has 1 aromatic rings. The fraction of sp³-hybridized carbons (Fsp3) is 0.700. The predicted octanol–water partition coefficient (Wildman–Crippen LogP) is 2.27. The molecule has 0 saturated carbocycles. The maximum absolute atomic E-state index is 12.7. The molecule has 0 aromatic heterocycles. The van der Waals surface area contributed by atoms with Gasteiger partial charge in [0.1, 0.15) is 5.75 Å². The zero-order valence-corrected chi connectivity index (χ0v) is 19.1. The molecule has 3 atom stereocenters. The van der Waals surface area contributed by atoms with Crippen LogP contribution in [0.3, 0.4) is 0 Å². The van der Waals surface area contributed by atoms with Gasteiger partial charge in [-0.05, 0) is 55.3 Å². The van der Waals surface area contributed by atoms with Gasteiger partial charge in [-0.3, -0.25) is 9.56 Å². The Balaban J connectivity index is 0.00000145. The normalized spacial score (nSPS) is 24.4. The molecule has 1 aliphatic heterocycles. The van der Waals surface area contributed by atoms with E-state index in [0.717, 1.165) is 44.3 Å². The van der Waals surface area contributed by atoms with Gasteiger partial charge in [0.15, 0.2) is 0 Å². The molecule has 1 aromatic carbocycles. The van der Waals surface area contributed by atoms with Crippen molar-refractivity contribution in [2.75, 3.05) is 26.2 Å². The quantitative estimate of drug-likeness (QED) is 0.596. The smallest absolute Gasteiger partial charge is 0.279 e. The number of phenols is 1. The minimum atomic E-state index is -3.46. The highest BCUT2D eigenvalue weighted by Gasteiger charge is 2.40. The summed E-state index contributed by atoms with van der Waals surface area (Å²) in [5.74, 6) is 0.731. The van der Waals surface area contributed by atoms with E-state index >= 15 is 0 Å². The highest BCUT2D eigenvalue weighted by molar-refractivity contribution is 7.87. The van der Waals surface area contributed by atoms with Crippen LogP contribution >= 0.6 is 11.9 Å². The Labute approximate surface area is 180 Å². The number of hydrogen-bond acceptors (Lipinski definition) is 5. The van der Waals surface area contributed by atoms with Gasteiger partial charge in [-0.1, -0.05) is 32.9 Å². The number of benzene rings is 1. The number of halogens is 1. The second-order valence-electron chi connectivity index (χ2n) is 7.79. The number of likely N-dealkylation sites (tertiary alicyclic amines) is 1. The fourth-order valence-corrected chi connectivity index (χ4v) is 6.26. The van der Waals surface area contributed by atoms with E-state index < -0.39 is 10.2 Å². The van der Waals surface area contributed by atoms with Crippen molar-refractivity contribution in [3.8, 4) is 5.75 Å². The molecule has 3 N–H and O–H groups in total. The van der Waals surface area contributed by atoms with Gasteiger partial charge < -0.3 is 5.11 Å². The van der Waals surface area contributed by atoms with Crippen molar-refractivity contribution in [2.24, 2.45) is 5.92 Å². The standard InChI is InChI=1S/C20H33N3O3S.ClHO/c1-4-10-22-14-17(21-27(25,26)23(5-2)6-3)11-16-12-18-15(13-19(16)22)8-7-9-20(18)24;1-2/h7-9,16-17,19,21,24H,4-6,10-14H2,1-3H3;2H/t16-,17+,19-;/m1./s1. The van der Waals surface area contributed by atoms with Crippen LogP contribution in [0.2, 0.25) is 0 Å². The summed E-state index contributed by atoms with van der Waals surface area (Å²) in [4.78, 5) is 2.45. The largest absolute Gasteiger partial charge is 0.508 e. The van der Waals surface area contributed by atoms with Crippen LogP contribution in [0, 0.1) is 5.92 Å². The van der Waals surface area contributed by atoms with Gasteiger partial charge in [0, 0.05) is 31.7 Å². The van der Waals surface area contributed by atoms with E-state index in [1.54, 1.807) is 6.07 Å². The van der Waals surface area contributed by atoms with Crippen molar-refractivity contribution < 1.29 is 18.2 Å². The van der Waals surface area contributed by atoms with Gasteiger partial charge in [-0.25, -0.2) is 0 Å². The van der Waals surface area contributed by atoms with Crippen LogP contribution in [0.4, 0.5) is 0 Å². The monoisotopic (exact) mass is 447 g/mol. The van der Waals surface area contributed by atoms with Gasteiger partial charge in [-0.15, -0.1) is 0 Å². The maximum atomic E-state index is 12.7. The summed E-state index contributed by atoms with van der Waals surface area (Å²) in [6.45, 7) is 8.58. The molecule has 1 fully saturated rings. The van der Waals surface area contributed by atoms with Crippen molar-refractivity contribution in [3.05, 3.63) is 29.3 Å². The molecule has 2 aliphatic rings. The molecule has 7 nitrogen and oxygen atoms in total. The van der Waals surface area contributed by atoms with Gasteiger partial charge in [0.05, 0.1) is 11.9 Å². The molecule has 0 bridgehead atoms. The highest BCUT2D eigenvalue weighted by atomic mass is 35.5. The van der Waals surface area contributed by atoms with Crippen LogP contribution in [0.1, 0.15) is 44.7 Å². The molecule has 0 unspecified atom stereocenters. The average Bonchev–Trinajstić information content (AvgIpc) is 2.69. The summed E-state index contributed by atoms with van der Waals surface area (Å²) in [7, 11) is -3.46. The third-order valence-corrected chi connectivity index (χ3v) is 7.90. The molecule has 0 amide bonds. The van der Waals surface area contributed by atoms with Crippen molar-refractivity contribution in [1.82, 2.24) is 13.9 Å². The van der Waals surface area contributed by atoms with Crippen LogP contribution in [0.15, 0.2) is 18.2 Å². The van der Waals surface area contributed by atoms with Crippen LogP contribution in [0.5, 0.6) is 5.75 Å². The Morgan fingerprint density at radius 3 is 2.52 bits per heavy atom. The van der Waals surface area contributed by atoms with E-state index in [4.69, 9.17) is 4.66 Å². The minimum Gasteiger partial charge on any atom is -0.508 e. The Morgan fingerprint density at radius 2 is 1.90 bits per heavy atom. The second kappa shape index (κ2) is 10.9. The number of phenolic OH excluding ortho intramolecular Hbond substituents is 1. The fourth-order valence-electron chi connectivity index (χ4n) is 4.84. The first-order chi connectivity index (χ1) is 13.9. The number of fused-ring (bicyclic) bond motifs is 2. The lowest BCUT2D eigenvalue weighted by Gasteiger charge is -2.47. The van der Waals surface area contributed by atoms with Crippen molar-refractivity contribution in [3.63, 3.8) is 0 Å². The Morgan fingerprint density at radius 1 is 1.21 bits per heavy atom. The summed E-state index contributed by atoms with van der Waals surface area (Å²) in [5.41, 5.74) is 2.28. The third-order valence-electron chi connectivity index (χ3n) is 6.07. The molecule has 0 spiro atoms. The zero-order chi connectivity index (χ0) is 21.6. The Kier molecular flexibility index (Phi) is 9.18. The van der Waals surface area contributed by atoms with Crippen LogP contribution in [-0.2, 0) is 23.1 Å².